The van der Waals surface area contributed by atoms with Gasteiger partial charge < -0.3 is 10.2 Å². The predicted octanol–water partition coefficient (Wildman–Crippen LogP) is 2.67. The van der Waals surface area contributed by atoms with Crippen molar-refractivity contribution in [1.29, 1.82) is 0 Å². The van der Waals surface area contributed by atoms with Crippen LogP contribution < -0.4 is 5.32 Å². The van der Waals surface area contributed by atoms with Crippen LogP contribution in [0.15, 0.2) is 24.3 Å². The zero-order valence-electron chi connectivity index (χ0n) is 11.5. The molecule has 0 radical (unpaired) electrons. The molecule has 2 fully saturated rings. The van der Waals surface area contributed by atoms with E-state index in [1.807, 2.05) is 0 Å². The lowest BCUT2D eigenvalue weighted by Gasteiger charge is -2.24. The number of fused-ring (bicyclic) bond motifs is 2. The summed E-state index contributed by atoms with van der Waals surface area (Å²) in [5.74, 6) is -0.310. The predicted molar refractivity (Wildman–Crippen MR) is 71.9 cm³/mol. The highest BCUT2D eigenvalue weighted by Gasteiger charge is 2.33. The molecule has 2 bridgehead atoms. The van der Waals surface area contributed by atoms with Crippen molar-refractivity contribution in [2.45, 2.75) is 37.5 Å². The van der Waals surface area contributed by atoms with Crippen LogP contribution >= 0.6 is 0 Å². The summed E-state index contributed by atoms with van der Waals surface area (Å²) in [5, 5.41) is 3.45. The number of nitrogens with zero attached hydrogens (tertiary/aromatic N) is 1. The topological polar surface area (TPSA) is 32.3 Å². The minimum absolute atomic E-state index is 0.114. The third-order valence-corrected chi connectivity index (χ3v) is 4.25. The molecule has 114 valence electrons. The molecule has 2 aliphatic heterocycles. The van der Waals surface area contributed by atoms with E-state index in [-0.39, 0.29) is 17.5 Å². The minimum atomic E-state index is -4.42. The van der Waals surface area contributed by atoms with Crippen LogP contribution in [0.4, 0.5) is 13.2 Å². The fraction of sp³-hybridized carbons (Fsp3) is 0.533. The van der Waals surface area contributed by atoms with Gasteiger partial charge in [0.25, 0.3) is 5.91 Å². The third-order valence-electron chi connectivity index (χ3n) is 4.25. The Labute approximate surface area is 121 Å². The van der Waals surface area contributed by atoms with Crippen LogP contribution in [0.3, 0.4) is 0 Å². The van der Waals surface area contributed by atoms with Crippen LogP contribution in [0, 0.1) is 0 Å². The standard InChI is InChI=1S/C15H17F3N2O/c16-15(17,18)11-3-1-2-10(8-11)14(21)20-7-6-12-4-5-13(9-20)19-12/h1-3,8,12-13,19H,4-7,9H2. The van der Waals surface area contributed by atoms with Gasteiger partial charge in [0.1, 0.15) is 0 Å². The number of likely N-dealkylation sites (tertiary alicyclic amines) is 1. The van der Waals surface area contributed by atoms with Gasteiger partial charge in [-0.15, -0.1) is 0 Å². The molecule has 1 aromatic rings. The Morgan fingerprint density at radius 1 is 1.19 bits per heavy atom. The number of hydrogen-bond donors (Lipinski definition) is 1. The molecule has 2 aliphatic rings. The molecule has 6 heteroatoms. The number of benzene rings is 1. The SMILES string of the molecule is O=C(c1cccc(C(F)(F)F)c1)N1CCC2CCC(C1)N2. The van der Waals surface area contributed by atoms with E-state index in [4.69, 9.17) is 0 Å². The Hall–Kier alpha value is -1.56. The maximum atomic E-state index is 12.7. The summed E-state index contributed by atoms with van der Waals surface area (Å²) in [6.07, 6.45) is -1.41. The molecule has 2 heterocycles. The van der Waals surface area contributed by atoms with Crippen molar-refractivity contribution in [2.24, 2.45) is 0 Å². The summed E-state index contributed by atoms with van der Waals surface area (Å²) in [4.78, 5) is 14.1. The van der Waals surface area contributed by atoms with Crippen molar-refractivity contribution in [3.63, 3.8) is 0 Å². The van der Waals surface area contributed by atoms with Crippen molar-refractivity contribution in [2.75, 3.05) is 13.1 Å². The molecule has 0 saturated carbocycles. The van der Waals surface area contributed by atoms with E-state index in [0.29, 0.717) is 19.1 Å². The zero-order chi connectivity index (χ0) is 15.0. The van der Waals surface area contributed by atoms with Gasteiger partial charge in [-0.05, 0) is 37.5 Å². The van der Waals surface area contributed by atoms with Gasteiger partial charge in [0, 0.05) is 30.7 Å². The maximum absolute atomic E-state index is 12.7. The first-order valence-electron chi connectivity index (χ1n) is 7.16. The highest BCUT2D eigenvalue weighted by Crippen LogP contribution is 2.30. The fourth-order valence-corrected chi connectivity index (χ4v) is 3.14. The van der Waals surface area contributed by atoms with E-state index in [1.165, 1.54) is 12.1 Å². The Kier molecular flexibility index (Phi) is 3.65. The Morgan fingerprint density at radius 3 is 2.71 bits per heavy atom. The first-order chi connectivity index (χ1) is 9.93. The average Bonchev–Trinajstić information content (AvgIpc) is 2.77. The second kappa shape index (κ2) is 5.33. The van der Waals surface area contributed by atoms with E-state index in [1.54, 1.807) is 4.90 Å². The van der Waals surface area contributed by atoms with Gasteiger partial charge in [0.2, 0.25) is 0 Å². The summed E-state index contributed by atoms with van der Waals surface area (Å²) in [7, 11) is 0. The maximum Gasteiger partial charge on any atom is 0.416 e. The van der Waals surface area contributed by atoms with Crippen LogP contribution in [0.2, 0.25) is 0 Å². The number of nitrogens with one attached hydrogen (secondary N) is 1. The number of carbonyl (C=O) groups excluding carboxylic acids is 1. The molecule has 1 aromatic carbocycles. The number of hydrogen-bond acceptors (Lipinski definition) is 2. The van der Waals surface area contributed by atoms with Crippen LogP contribution in [0.25, 0.3) is 0 Å². The molecule has 21 heavy (non-hydrogen) atoms. The second-order valence-electron chi connectivity index (χ2n) is 5.76. The Bertz CT molecular complexity index is 544. The van der Waals surface area contributed by atoms with Gasteiger partial charge in [-0.25, -0.2) is 0 Å². The Balaban J connectivity index is 1.78. The van der Waals surface area contributed by atoms with Gasteiger partial charge in [-0.3, -0.25) is 4.79 Å². The average molecular weight is 298 g/mol. The van der Waals surface area contributed by atoms with Crippen LogP contribution in [-0.2, 0) is 6.18 Å². The van der Waals surface area contributed by atoms with Gasteiger partial charge in [-0.1, -0.05) is 6.07 Å². The van der Waals surface area contributed by atoms with Gasteiger partial charge in [0.05, 0.1) is 5.56 Å². The summed E-state index contributed by atoms with van der Waals surface area (Å²) in [5.41, 5.74) is -0.662. The number of alkyl halides is 3. The lowest BCUT2D eigenvalue weighted by atomic mass is 10.1. The molecule has 3 rings (SSSR count). The van der Waals surface area contributed by atoms with Gasteiger partial charge in [-0.2, -0.15) is 13.2 Å². The van der Waals surface area contributed by atoms with Crippen LogP contribution in [0.5, 0.6) is 0 Å². The fourth-order valence-electron chi connectivity index (χ4n) is 3.14. The number of amides is 1. The van der Waals surface area contributed by atoms with Crippen LogP contribution in [-0.4, -0.2) is 36.0 Å². The number of rotatable bonds is 1. The lowest BCUT2D eigenvalue weighted by Crippen LogP contribution is -2.39. The van der Waals surface area contributed by atoms with Crippen molar-refractivity contribution >= 4 is 5.91 Å². The molecule has 3 nitrogen and oxygen atoms in total. The normalized spacial score (nSPS) is 25.8. The monoisotopic (exact) mass is 298 g/mol. The summed E-state index contributed by atoms with van der Waals surface area (Å²) in [6, 6.07) is 5.38. The quantitative estimate of drug-likeness (QED) is 0.864. The smallest absolute Gasteiger partial charge is 0.337 e. The molecule has 2 atom stereocenters. The van der Waals surface area contributed by atoms with Crippen molar-refractivity contribution in [1.82, 2.24) is 10.2 Å². The highest BCUT2D eigenvalue weighted by molar-refractivity contribution is 5.94. The molecule has 0 spiro atoms. The van der Waals surface area contributed by atoms with E-state index in [9.17, 15) is 18.0 Å². The molecule has 0 aromatic heterocycles. The Morgan fingerprint density at radius 2 is 1.95 bits per heavy atom. The van der Waals surface area contributed by atoms with E-state index >= 15 is 0 Å². The van der Waals surface area contributed by atoms with Gasteiger partial charge in [0.15, 0.2) is 0 Å². The van der Waals surface area contributed by atoms with E-state index < -0.39 is 11.7 Å². The second-order valence-corrected chi connectivity index (χ2v) is 5.76. The lowest BCUT2D eigenvalue weighted by molar-refractivity contribution is -0.137. The van der Waals surface area contributed by atoms with E-state index in [2.05, 4.69) is 5.32 Å². The first-order valence-corrected chi connectivity index (χ1v) is 7.16. The molecule has 1 N–H and O–H groups in total. The van der Waals surface area contributed by atoms with Crippen molar-refractivity contribution in [3.8, 4) is 0 Å². The molecule has 2 unspecified atom stereocenters. The summed E-state index contributed by atoms with van der Waals surface area (Å²) < 4.78 is 38.2. The first kappa shape index (κ1) is 14.4. The van der Waals surface area contributed by atoms with Gasteiger partial charge >= 0.3 is 6.18 Å². The van der Waals surface area contributed by atoms with Crippen molar-refractivity contribution in [3.05, 3.63) is 35.4 Å². The zero-order valence-corrected chi connectivity index (χ0v) is 11.5. The molecule has 2 saturated heterocycles. The minimum Gasteiger partial charge on any atom is -0.337 e. The third kappa shape index (κ3) is 3.05. The molecular weight excluding hydrogens is 281 g/mol. The van der Waals surface area contributed by atoms with E-state index in [0.717, 1.165) is 31.4 Å². The number of halogens is 3. The molecule has 1 amide bonds. The summed E-state index contributed by atoms with van der Waals surface area (Å²) in [6.45, 7) is 1.18. The molecular formula is C15H17F3N2O. The summed E-state index contributed by atoms with van der Waals surface area (Å²) >= 11 is 0. The highest BCUT2D eigenvalue weighted by atomic mass is 19.4. The number of carbonyl (C=O) groups is 1. The largest absolute Gasteiger partial charge is 0.416 e. The van der Waals surface area contributed by atoms with Crippen molar-refractivity contribution < 1.29 is 18.0 Å². The molecule has 0 aliphatic carbocycles. The van der Waals surface area contributed by atoms with Crippen LogP contribution in [0.1, 0.15) is 35.2 Å².